The lowest BCUT2D eigenvalue weighted by Crippen LogP contribution is -1.95. The molecule has 0 unspecified atom stereocenters. The molecule has 4 heteroatoms. The first kappa shape index (κ1) is 13.7. The van der Waals surface area contributed by atoms with Crippen molar-refractivity contribution >= 4 is 11.6 Å². The van der Waals surface area contributed by atoms with E-state index in [-0.39, 0.29) is 0 Å². The van der Waals surface area contributed by atoms with E-state index in [0.29, 0.717) is 5.88 Å². The summed E-state index contributed by atoms with van der Waals surface area (Å²) in [5.41, 5.74) is 3.78. The Balaban J connectivity index is 2.49. The van der Waals surface area contributed by atoms with Gasteiger partial charge in [-0.05, 0) is 30.7 Å². The van der Waals surface area contributed by atoms with Crippen molar-refractivity contribution in [3.8, 4) is 22.8 Å². The van der Waals surface area contributed by atoms with E-state index >= 15 is 0 Å². The molecule has 0 radical (unpaired) electrons. The van der Waals surface area contributed by atoms with Crippen molar-refractivity contribution in [1.29, 1.82) is 0 Å². The number of benzene rings is 1. The Morgan fingerprint density at radius 3 is 2.47 bits per heavy atom. The average Bonchev–Trinajstić information content (AvgIpc) is 2.46. The van der Waals surface area contributed by atoms with Crippen molar-refractivity contribution in [3.05, 3.63) is 41.6 Å². The van der Waals surface area contributed by atoms with E-state index in [1.165, 1.54) is 0 Å². The quantitative estimate of drug-likeness (QED) is 0.796. The van der Waals surface area contributed by atoms with Gasteiger partial charge in [0.05, 0.1) is 19.9 Å². The Kier molecular flexibility index (Phi) is 4.27. The molecule has 1 aromatic heterocycles. The van der Waals surface area contributed by atoms with Gasteiger partial charge in [0.1, 0.15) is 11.5 Å². The molecule has 0 saturated carbocycles. The lowest BCUT2D eigenvalue weighted by Gasteiger charge is -2.11. The molecular formula is C15H16ClNO2. The summed E-state index contributed by atoms with van der Waals surface area (Å²) in [5.74, 6) is 1.97. The SMILES string of the molecule is COc1ccc(-c2ccc(CCl)c(C)n2)c(OC)c1. The molecule has 0 atom stereocenters. The third-order valence-electron chi connectivity index (χ3n) is 3.02. The smallest absolute Gasteiger partial charge is 0.131 e. The van der Waals surface area contributed by atoms with Crippen LogP contribution in [0.15, 0.2) is 30.3 Å². The third-order valence-corrected chi connectivity index (χ3v) is 3.31. The molecule has 0 aliphatic carbocycles. The van der Waals surface area contributed by atoms with Gasteiger partial charge in [0.15, 0.2) is 0 Å². The number of hydrogen-bond donors (Lipinski definition) is 0. The highest BCUT2D eigenvalue weighted by Crippen LogP contribution is 2.32. The molecule has 0 bridgehead atoms. The number of aryl methyl sites for hydroxylation is 1. The van der Waals surface area contributed by atoms with Gasteiger partial charge in [-0.3, -0.25) is 4.98 Å². The van der Waals surface area contributed by atoms with Crippen molar-refractivity contribution in [2.24, 2.45) is 0 Å². The van der Waals surface area contributed by atoms with E-state index in [1.807, 2.05) is 37.3 Å². The molecule has 0 amide bonds. The summed E-state index contributed by atoms with van der Waals surface area (Å²) in [7, 11) is 3.27. The summed E-state index contributed by atoms with van der Waals surface area (Å²) in [6, 6.07) is 9.63. The van der Waals surface area contributed by atoms with Crippen LogP contribution in [0.1, 0.15) is 11.3 Å². The van der Waals surface area contributed by atoms with Crippen LogP contribution in [0, 0.1) is 6.92 Å². The Hall–Kier alpha value is -1.74. The third kappa shape index (κ3) is 2.82. The first-order valence-corrected chi connectivity index (χ1v) is 6.48. The van der Waals surface area contributed by atoms with Crippen molar-refractivity contribution in [3.63, 3.8) is 0 Å². The van der Waals surface area contributed by atoms with Gasteiger partial charge in [-0.2, -0.15) is 0 Å². The number of rotatable bonds is 4. The molecule has 0 spiro atoms. The molecule has 0 aliphatic heterocycles. The molecule has 0 aliphatic rings. The minimum Gasteiger partial charge on any atom is -0.497 e. The summed E-state index contributed by atoms with van der Waals surface area (Å²) < 4.78 is 10.6. The number of pyridine rings is 1. The molecule has 1 heterocycles. The minimum absolute atomic E-state index is 0.471. The van der Waals surface area contributed by atoms with Gasteiger partial charge in [-0.15, -0.1) is 11.6 Å². The highest BCUT2D eigenvalue weighted by molar-refractivity contribution is 6.17. The lowest BCUT2D eigenvalue weighted by molar-refractivity contribution is 0.395. The van der Waals surface area contributed by atoms with Gasteiger partial charge in [0, 0.05) is 23.2 Å². The largest absolute Gasteiger partial charge is 0.497 e. The molecule has 19 heavy (non-hydrogen) atoms. The molecule has 0 N–H and O–H groups in total. The van der Waals surface area contributed by atoms with Crippen LogP contribution in [-0.2, 0) is 5.88 Å². The van der Waals surface area contributed by atoms with Gasteiger partial charge in [-0.25, -0.2) is 0 Å². The summed E-state index contributed by atoms with van der Waals surface area (Å²) >= 11 is 5.85. The van der Waals surface area contributed by atoms with Crippen LogP contribution in [0.5, 0.6) is 11.5 Å². The molecule has 1 aromatic carbocycles. The zero-order chi connectivity index (χ0) is 13.8. The molecule has 0 saturated heterocycles. The number of ether oxygens (including phenoxy) is 2. The highest BCUT2D eigenvalue weighted by atomic mass is 35.5. The van der Waals surface area contributed by atoms with Gasteiger partial charge in [0.2, 0.25) is 0 Å². The van der Waals surface area contributed by atoms with Crippen molar-refractivity contribution < 1.29 is 9.47 Å². The van der Waals surface area contributed by atoms with Crippen LogP contribution in [0.25, 0.3) is 11.3 Å². The van der Waals surface area contributed by atoms with Crippen molar-refractivity contribution in [2.45, 2.75) is 12.8 Å². The van der Waals surface area contributed by atoms with Gasteiger partial charge in [0.25, 0.3) is 0 Å². The second kappa shape index (κ2) is 5.93. The zero-order valence-corrected chi connectivity index (χ0v) is 12.0. The van der Waals surface area contributed by atoms with Crippen LogP contribution >= 0.6 is 11.6 Å². The maximum absolute atomic E-state index is 5.85. The first-order chi connectivity index (χ1) is 9.19. The molecule has 100 valence electrons. The number of nitrogens with zero attached hydrogens (tertiary/aromatic N) is 1. The number of aromatic nitrogens is 1. The Morgan fingerprint density at radius 2 is 1.89 bits per heavy atom. The Labute approximate surface area is 118 Å². The van der Waals surface area contributed by atoms with Gasteiger partial charge < -0.3 is 9.47 Å². The Morgan fingerprint density at radius 1 is 1.11 bits per heavy atom. The van der Waals surface area contributed by atoms with Crippen LogP contribution < -0.4 is 9.47 Å². The summed E-state index contributed by atoms with van der Waals surface area (Å²) in [6.07, 6.45) is 0. The van der Waals surface area contributed by atoms with E-state index < -0.39 is 0 Å². The maximum atomic E-state index is 5.85. The molecule has 3 nitrogen and oxygen atoms in total. The second-order valence-corrected chi connectivity index (χ2v) is 4.41. The molecule has 0 fully saturated rings. The zero-order valence-electron chi connectivity index (χ0n) is 11.2. The maximum Gasteiger partial charge on any atom is 0.131 e. The normalized spacial score (nSPS) is 10.3. The highest BCUT2D eigenvalue weighted by Gasteiger charge is 2.10. The lowest BCUT2D eigenvalue weighted by atomic mass is 10.1. The molecule has 2 aromatic rings. The Bertz CT molecular complexity index is 584. The van der Waals surface area contributed by atoms with E-state index in [4.69, 9.17) is 21.1 Å². The van der Waals surface area contributed by atoms with Crippen LogP contribution in [0.3, 0.4) is 0 Å². The van der Waals surface area contributed by atoms with E-state index in [9.17, 15) is 0 Å². The van der Waals surface area contributed by atoms with Gasteiger partial charge in [-0.1, -0.05) is 6.07 Å². The van der Waals surface area contributed by atoms with E-state index in [2.05, 4.69) is 4.98 Å². The predicted octanol–water partition coefficient (Wildman–Crippen LogP) is 3.81. The molecule has 2 rings (SSSR count). The fourth-order valence-corrected chi connectivity index (χ4v) is 2.17. The minimum atomic E-state index is 0.471. The van der Waals surface area contributed by atoms with Crippen LogP contribution in [-0.4, -0.2) is 19.2 Å². The average molecular weight is 278 g/mol. The number of halogens is 1. The fourth-order valence-electron chi connectivity index (χ4n) is 1.89. The standard InChI is InChI=1S/C15H16ClNO2/c1-10-11(9-16)4-7-14(17-10)13-6-5-12(18-2)8-15(13)19-3/h4-8H,9H2,1-3H3. The van der Waals surface area contributed by atoms with Crippen LogP contribution in [0.4, 0.5) is 0 Å². The fraction of sp³-hybridized carbons (Fsp3) is 0.267. The monoisotopic (exact) mass is 277 g/mol. The second-order valence-electron chi connectivity index (χ2n) is 4.14. The van der Waals surface area contributed by atoms with Gasteiger partial charge >= 0.3 is 0 Å². The van der Waals surface area contributed by atoms with E-state index in [0.717, 1.165) is 34.0 Å². The number of hydrogen-bond acceptors (Lipinski definition) is 3. The predicted molar refractivity (Wildman–Crippen MR) is 77.1 cm³/mol. The van der Waals surface area contributed by atoms with Crippen molar-refractivity contribution in [1.82, 2.24) is 4.98 Å². The van der Waals surface area contributed by atoms with Crippen LogP contribution in [0.2, 0.25) is 0 Å². The number of methoxy groups -OCH3 is 2. The van der Waals surface area contributed by atoms with E-state index in [1.54, 1.807) is 14.2 Å². The van der Waals surface area contributed by atoms with Crippen molar-refractivity contribution in [2.75, 3.05) is 14.2 Å². The molecular weight excluding hydrogens is 262 g/mol. The first-order valence-electron chi connectivity index (χ1n) is 5.94. The topological polar surface area (TPSA) is 31.4 Å². The summed E-state index contributed by atoms with van der Waals surface area (Å²) in [5, 5.41) is 0. The summed E-state index contributed by atoms with van der Waals surface area (Å²) in [6.45, 7) is 1.96. The number of alkyl halides is 1. The summed E-state index contributed by atoms with van der Waals surface area (Å²) in [4.78, 5) is 4.57.